The Morgan fingerprint density at radius 3 is 1.68 bits per heavy atom. The molecule has 0 aliphatic heterocycles. The molecule has 13 rings (SSSR count). The van der Waals surface area contributed by atoms with Crippen molar-refractivity contribution in [3.05, 3.63) is 206 Å². The zero-order valence-corrected chi connectivity index (χ0v) is 33.7. The van der Waals surface area contributed by atoms with Gasteiger partial charge in [-0.05, 0) is 95.1 Å². The quantitative estimate of drug-likeness (QED) is 0.167. The molecule has 0 atom stereocenters. The van der Waals surface area contributed by atoms with E-state index in [1.807, 2.05) is 60.7 Å². The summed E-state index contributed by atoms with van der Waals surface area (Å²) >= 11 is 0. The van der Waals surface area contributed by atoms with Crippen LogP contribution in [0.15, 0.2) is 215 Å². The molecule has 0 saturated heterocycles. The number of hydrogen-bond donors (Lipinski definition) is 0. The van der Waals surface area contributed by atoms with Crippen LogP contribution in [0.25, 0.3) is 128 Å². The highest BCUT2D eigenvalue weighted by atomic mass is 16.3. The molecule has 6 nitrogen and oxygen atoms in total. The summed E-state index contributed by atoms with van der Waals surface area (Å²) in [7, 11) is 0. The van der Waals surface area contributed by atoms with Crippen LogP contribution < -0.4 is 0 Å². The summed E-state index contributed by atoms with van der Waals surface area (Å²) in [6.07, 6.45) is 0. The van der Waals surface area contributed by atoms with Crippen molar-refractivity contribution in [3.63, 3.8) is 0 Å². The summed E-state index contributed by atoms with van der Waals surface area (Å²) in [4.78, 5) is 15.6. The van der Waals surface area contributed by atoms with E-state index >= 15 is 0 Å². The maximum absolute atomic E-state index is 6.57. The minimum Gasteiger partial charge on any atom is -0.456 e. The molecule has 4 heterocycles. The van der Waals surface area contributed by atoms with Crippen LogP contribution in [0.4, 0.5) is 0 Å². The van der Waals surface area contributed by atoms with E-state index in [0.29, 0.717) is 17.5 Å². The van der Waals surface area contributed by atoms with Gasteiger partial charge in [-0.1, -0.05) is 133 Å². The second-order valence-corrected chi connectivity index (χ2v) is 15.9. The van der Waals surface area contributed by atoms with E-state index in [1.165, 1.54) is 0 Å². The number of rotatable bonds is 6. The zero-order chi connectivity index (χ0) is 41.4. The number of hydrogen-bond acceptors (Lipinski definition) is 5. The van der Waals surface area contributed by atoms with E-state index in [1.54, 1.807) is 0 Å². The molecular weight excluding hydrogens is 773 g/mol. The minimum absolute atomic E-state index is 0.571. The Hall–Kier alpha value is -8.61. The summed E-state index contributed by atoms with van der Waals surface area (Å²) in [5.41, 5.74) is 13.7. The van der Waals surface area contributed by atoms with E-state index in [9.17, 15) is 0 Å². The number of nitrogens with zero attached hydrogens (tertiary/aromatic N) is 4. The van der Waals surface area contributed by atoms with E-state index < -0.39 is 0 Å². The SMILES string of the molecule is c1ccc(-c2ccc3c(c2)oc2cccc(-c4ccc5oc6cccc(-c7nc(-c8ccccc8)nc(-c8ccc9c(c8)c8ccccc8n9-c8ccccc8)n7)c6c5c4)c23)cc1. The molecule has 0 unspecified atom stereocenters. The van der Waals surface area contributed by atoms with Crippen LogP contribution in [-0.2, 0) is 0 Å². The van der Waals surface area contributed by atoms with Crippen molar-refractivity contribution in [1.82, 2.24) is 19.5 Å². The highest BCUT2D eigenvalue weighted by Gasteiger charge is 2.21. The summed E-state index contributed by atoms with van der Waals surface area (Å²) in [5, 5.41) is 6.38. The average Bonchev–Trinajstić information content (AvgIpc) is 4.03. The van der Waals surface area contributed by atoms with E-state index in [-0.39, 0.29) is 0 Å². The summed E-state index contributed by atoms with van der Waals surface area (Å²) < 4.78 is 15.4. The molecule has 0 fully saturated rings. The minimum atomic E-state index is 0.571. The monoisotopic (exact) mass is 806 g/mol. The Morgan fingerprint density at radius 2 is 0.889 bits per heavy atom. The van der Waals surface area contributed by atoms with E-state index in [4.69, 9.17) is 23.8 Å². The van der Waals surface area contributed by atoms with E-state index in [0.717, 1.165) is 110 Å². The number of fused-ring (bicyclic) bond motifs is 9. The Morgan fingerprint density at radius 1 is 0.302 bits per heavy atom. The first kappa shape index (κ1) is 35.2. The molecule has 6 heteroatoms. The third kappa shape index (κ3) is 5.69. The molecule has 0 spiro atoms. The van der Waals surface area contributed by atoms with Gasteiger partial charge in [0.15, 0.2) is 17.5 Å². The number of para-hydroxylation sites is 2. The second-order valence-electron chi connectivity index (χ2n) is 15.9. The third-order valence-electron chi connectivity index (χ3n) is 12.3. The molecule has 294 valence electrons. The average molecular weight is 807 g/mol. The van der Waals surface area contributed by atoms with Crippen molar-refractivity contribution in [2.45, 2.75) is 0 Å². The van der Waals surface area contributed by atoms with Crippen LogP contribution in [0, 0.1) is 0 Å². The first-order valence-electron chi connectivity index (χ1n) is 21.1. The molecule has 0 bridgehead atoms. The molecule has 9 aromatic carbocycles. The van der Waals surface area contributed by atoms with Crippen molar-refractivity contribution in [2.75, 3.05) is 0 Å². The molecule has 0 saturated carbocycles. The Kier molecular flexibility index (Phi) is 7.80. The molecule has 63 heavy (non-hydrogen) atoms. The molecule has 4 aromatic heterocycles. The van der Waals surface area contributed by atoms with Crippen LogP contribution in [0.3, 0.4) is 0 Å². The van der Waals surface area contributed by atoms with Crippen molar-refractivity contribution < 1.29 is 8.83 Å². The highest BCUT2D eigenvalue weighted by Crippen LogP contribution is 2.43. The molecule has 0 radical (unpaired) electrons. The number of benzene rings is 9. The summed E-state index contributed by atoms with van der Waals surface area (Å²) in [6.45, 7) is 0. The first-order valence-corrected chi connectivity index (χ1v) is 21.1. The topological polar surface area (TPSA) is 69.9 Å². The normalized spacial score (nSPS) is 11.8. The molecule has 0 aliphatic carbocycles. The molecule has 13 aromatic rings. The molecule has 0 N–H and O–H groups in total. The maximum atomic E-state index is 6.57. The van der Waals surface area contributed by atoms with Crippen LogP contribution in [0.1, 0.15) is 0 Å². The molecule has 0 amide bonds. The highest BCUT2D eigenvalue weighted by molar-refractivity contribution is 6.16. The van der Waals surface area contributed by atoms with Crippen LogP contribution in [0.5, 0.6) is 0 Å². The Labute approximate surface area is 361 Å². The fourth-order valence-corrected chi connectivity index (χ4v) is 9.37. The summed E-state index contributed by atoms with van der Waals surface area (Å²) in [5.74, 6) is 1.76. The first-order chi connectivity index (χ1) is 31.2. The van der Waals surface area contributed by atoms with Crippen molar-refractivity contribution in [1.29, 1.82) is 0 Å². The van der Waals surface area contributed by atoms with Gasteiger partial charge in [0.25, 0.3) is 0 Å². The van der Waals surface area contributed by atoms with Gasteiger partial charge in [0.1, 0.15) is 22.3 Å². The third-order valence-corrected chi connectivity index (χ3v) is 12.3. The van der Waals surface area contributed by atoms with Crippen molar-refractivity contribution in [3.8, 4) is 62.1 Å². The van der Waals surface area contributed by atoms with Crippen LogP contribution >= 0.6 is 0 Å². The Bertz CT molecular complexity index is 3900. The van der Waals surface area contributed by atoms with Gasteiger partial charge in [-0.2, -0.15) is 0 Å². The van der Waals surface area contributed by atoms with Gasteiger partial charge < -0.3 is 13.4 Å². The molecular formula is C57H34N4O2. The predicted molar refractivity (Wildman–Crippen MR) is 256 cm³/mol. The van der Waals surface area contributed by atoms with Gasteiger partial charge in [0.05, 0.1) is 11.0 Å². The maximum Gasteiger partial charge on any atom is 0.164 e. The van der Waals surface area contributed by atoms with E-state index in [2.05, 4.69) is 150 Å². The number of aromatic nitrogens is 4. The number of furan rings is 2. The zero-order valence-electron chi connectivity index (χ0n) is 33.7. The largest absolute Gasteiger partial charge is 0.456 e. The molecule has 0 aliphatic rings. The fraction of sp³-hybridized carbons (Fsp3) is 0. The lowest BCUT2D eigenvalue weighted by molar-refractivity contribution is 0.669. The van der Waals surface area contributed by atoms with Crippen molar-refractivity contribution >= 4 is 65.7 Å². The smallest absolute Gasteiger partial charge is 0.164 e. The van der Waals surface area contributed by atoms with Gasteiger partial charge >= 0.3 is 0 Å². The van der Waals surface area contributed by atoms with Gasteiger partial charge in [0.2, 0.25) is 0 Å². The van der Waals surface area contributed by atoms with Crippen LogP contribution in [0.2, 0.25) is 0 Å². The van der Waals surface area contributed by atoms with Gasteiger partial charge in [-0.3, -0.25) is 0 Å². The fourth-order valence-electron chi connectivity index (χ4n) is 9.37. The van der Waals surface area contributed by atoms with Gasteiger partial charge in [-0.25, -0.2) is 15.0 Å². The lowest BCUT2D eigenvalue weighted by atomic mass is 9.96. The van der Waals surface area contributed by atoms with Crippen LogP contribution in [-0.4, -0.2) is 19.5 Å². The lowest BCUT2D eigenvalue weighted by Gasteiger charge is -2.10. The standard InChI is InChI=1S/C57H34N4O2/c1-4-14-35(15-5-1)37-26-29-43-52(34-37)63-50-24-12-21-41(53(43)50)38-28-31-49-46(32-38)54-44(22-13-25-51(54)62-49)57-59-55(36-16-6-2-7-17-36)58-56(60-57)39-27-30-48-45(33-39)42-20-10-11-23-47(42)61(48)40-18-8-3-9-19-40/h1-34H. The Balaban J connectivity index is 0.987. The van der Waals surface area contributed by atoms with Gasteiger partial charge in [0, 0.05) is 54.7 Å². The lowest BCUT2D eigenvalue weighted by Crippen LogP contribution is -2.00. The summed E-state index contributed by atoms with van der Waals surface area (Å²) in [6, 6.07) is 71.4. The second kappa shape index (κ2) is 14.0. The van der Waals surface area contributed by atoms with Gasteiger partial charge in [-0.15, -0.1) is 0 Å². The van der Waals surface area contributed by atoms with Crippen molar-refractivity contribution in [2.24, 2.45) is 0 Å². The predicted octanol–water partition coefficient (Wildman–Crippen LogP) is 15.1.